The van der Waals surface area contributed by atoms with Crippen LogP contribution in [0, 0.1) is 5.92 Å². The summed E-state index contributed by atoms with van der Waals surface area (Å²) in [6, 6.07) is 2.09. The molecule has 0 saturated carbocycles. The fourth-order valence-electron chi connectivity index (χ4n) is 3.56. The normalized spacial score (nSPS) is 20.0. The van der Waals surface area contributed by atoms with E-state index in [0.717, 1.165) is 48.3 Å². The summed E-state index contributed by atoms with van der Waals surface area (Å²) in [4.78, 5) is 14.7. The lowest BCUT2D eigenvalue weighted by molar-refractivity contribution is 0.0953. The monoisotopic (exact) mass is 330 g/mol. The second-order valence-corrected chi connectivity index (χ2v) is 7.87. The van der Waals surface area contributed by atoms with Crippen molar-refractivity contribution >= 4 is 17.2 Å². The highest BCUT2D eigenvalue weighted by molar-refractivity contribution is 7.14. The fourth-order valence-corrected chi connectivity index (χ4v) is 4.69. The first kappa shape index (κ1) is 14.9. The number of aryl methyl sites for hydroxylation is 2. The Hall–Kier alpha value is -1.69. The summed E-state index contributed by atoms with van der Waals surface area (Å²) in [6.45, 7) is 3.72. The topological polar surface area (TPSA) is 59.8 Å². The third-order valence-electron chi connectivity index (χ3n) is 4.90. The Morgan fingerprint density at radius 1 is 1.39 bits per heavy atom. The molecule has 4 rings (SSSR count). The molecule has 0 aromatic carbocycles. The number of amides is 1. The van der Waals surface area contributed by atoms with Gasteiger partial charge in [-0.05, 0) is 49.7 Å². The molecule has 0 spiro atoms. The molecular formula is C17H22N4OS. The quantitative estimate of drug-likeness (QED) is 0.941. The van der Waals surface area contributed by atoms with E-state index in [1.807, 2.05) is 0 Å². The minimum absolute atomic E-state index is 0.0187. The lowest BCUT2D eigenvalue weighted by Gasteiger charge is -2.16. The molecule has 1 amide bonds. The van der Waals surface area contributed by atoms with Gasteiger partial charge in [0, 0.05) is 17.8 Å². The van der Waals surface area contributed by atoms with Crippen molar-refractivity contribution in [3.05, 3.63) is 33.0 Å². The van der Waals surface area contributed by atoms with E-state index in [2.05, 4.69) is 33.1 Å². The number of carbonyl (C=O) groups excluding carboxylic acids is 1. The number of thiophene rings is 1. The summed E-state index contributed by atoms with van der Waals surface area (Å²) < 4.78 is 2.16. The van der Waals surface area contributed by atoms with Crippen LogP contribution >= 0.6 is 11.3 Å². The number of nitrogens with zero attached hydrogens (tertiary/aromatic N) is 3. The van der Waals surface area contributed by atoms with Gasteiger partial charge in [0.1, 0.15) is 5.82 Å². The highest BCUT2D eigenvalue weighted by Crippen LogP contribution is 2.32. The van der Waals surface area contributed by atoms with Crippen molar-refractivity contribution < 1.29 is 4.79 Å². The second kappa shape index (κ2) is 6.07. The van der Waals surface area contributed by atoms with Crippen LogP contribution in [0.1, 0.15) is 57.9 Å². The summed E-state index contributed by atoms with van der Waals surface area (Å²) in [6.07, 6.45) is 6.81. The van der Waals surface area contributed by atoms with Crippen molar-refractivity contribution in [3.8, 4) is 0 Å². The zero-order valence-corrected chi connectivity index (χ0v) is 14.3. The standard InChI is InChI=1S/C17H22N4OS/c1-11-5-6-13-12(8-11)9-14(23-13)17(22)18-10-16-20-19-15-4-2-3-7-21(15)16/h9,11H,2-8,10H2,1H3,(H,18,22). The first-order chi connectivity index (χ1) is 11.2. The summed E-state index contributed by atoms with van der Waals surface area (Å²) in [5, 5.41) is 11.5. The van der Waals surface area contributed by atoms with Crippen LogP contribution in [-0.2, 0) is 32.4 Å². The molecule has 0 fully saturated rings. The van der Waals surface area contributed by atoms with Crippen LogP contribution in [0.25, 0.3) is 0 Å². The Morgan fingerprint density at radius 3 is 3.22 bits per heavy atom. The van der Waals surface area contributed by atoms with Gasteiger partial charge in [0.15, 0.2) is 5.82 Å². The fraction of sp³-hybridized carbons (Fsp3) is 0.588. The predicted octanol–water partition coefficient (Wildman–Crippen LogP) is 2.73. The van der Waals surface area contributed by atoms with Gasteiger partial charge in [-0.1, -0.05) is 6.92 Å². The van der Waals surface area contributed by atoms with Crippen LogP contribution in [0.3, 0.4) is 0 Å². The molecule has 2 aromatic heterocycles. The van der Waals surface area contributed by atoms with Crippen molar-refractivity contribution in [2.24, 2.45) is 5.92 Å². The van der Waals surface area contributed by atoms with Gasteiger partial charge in [0.25, 0.3) is 5.91 Å². The molecule has 23 heavy (non-hydrogen) atoms. The minimum Gasteiger partial charge on any atom is -0.344 e. The Balaban J connectivity index is 1.43. The predicted molar refractivity (Wildman–Crippen MR) is 89.6 cm³/mol. The Labute approximate surface area is 140 Å². The smallest absolute Gasteiger partial charge is 0.261 e. The largest absolute Gasteiger partial charge is 0.344 e. The van der Waals surface area contributed by atoms with E-state index in [0.29, 0.717) is 6.54 Å². The van der Waals surface area contributed by atoms with Crippen molar-refractivity contribution in [2.75, 3.05) is 0 Å². The summed E-state index contributed by atoms with van der Waals surface area (Å²) >= 11 is 1.66. The highest BCUT2D eigenvalue weighted by atomic mass is 32.1. The zero-order chi connectivity index (χ0) is 15.8. The third-order valence-corrected chi connectivity index (χ3v) is 6.13. The van der Waals surface area contributed by atoms with Crippen molar-refractivity contribution in [1.82, 2.24) is 20.1 Å². The number of carbonyl (C=O) groups is 1. The number of rotatable bonds is 3. The van der Waals surface area contributed by atoms with Crippen LogP contribution in [0.2, 0.25) is 0 Å². The molecule has 122 valence electrons. The van der Waals surface area contributed by atoms with E-state index in [9.17, 15) is 4.79 Å². The first-order valence-electron chi connectivity index (χ1n) is 8.51. The summed E-state index contributed by atoms with van der Waals surface area (Å²) in [7, 11) is 0. The Morgan fingerprint density at radius 2 is 2.30 bits per heavy atom. The number of hydrogen-bond acceptors (Lipinski definition) is 4. The van der Waals surface area contributed by atoms with Crippen LogP contribution in [0.4, 0.5) is 0 Å². The van der Waals surface area contributed by atoms with E-state index < -0.39 is 0 Å². The second-order valence-electron chi connectivity index (χ2n) is 6.73. The van der Waals surface area contributed by atoms with Gasteiger partial charge in [0.05, 0.1) is 11.4 Å². The van der Waals surface area contributed by atoms with Crippen LogP contribution < -0.4 is 5.32 Å². The van der Waals surface area contributed by atoms with Gasteiger partial charge in [0.2, 0.25) is 0 Å². The van der Waals surface area contributed by atoms with Gasteiger partial charge < -0.3 is 9.88 Å². The van der Waals surface area contributed by atoms with Crippen LogP contribution in [0.15, 0.2) is 6.07 Å². The Bertz CT molecular complexity index is 733. The van der Waals surface area contributed by atoms with E-state index in [1.54, 1.807) is 11.3 Å². The maximum atomic E-state index is 12.4. The maximum absolute atomic E-state index is 12.4. The molecule has 6 heteroatoms. The number of aromatic nitrogens is 3. The maximum Gasteiger partial charge on any atom is 0.261 e. The van der Waals surface area contributed by atoms with Gasteiger partial charge in [-0.2, -0.15) is 0 Å². The van der Waals surface area contributed by atoms with Crippen LogP contribution in [-0.4, -0.2) is 20.7 Å². The molecule has 5 nitrogen and oxygen atoms in total. The molecular weight excluding hydrogens is 308 g/mol. The molecule has 2 aromatic rings. The average Bonchev–Trinajstić information content (AvgIpc) is 3.16. The molecule has 1 N–H and O–H groups in total. The van der Waals surface area contributed by atoms with E-state index in [4.69, 9.17) is 0 Å². The van der Waals surface area contributed by atoms with E-state index in [1.165, 1.54) is 29.7 Å². The highest BCUT2D eigenvalue weighted by Gasteiger charge is 2.21. The zero-order valence-electron chi connectivity index (χ0n) is 13.5. The van der Waals surface area contributed by atoms with Crippen molar-refractivity contribution in [2.45, 2.75) is 58.5 Å². The van der Waals surface area contributed by atoms with Gasteiger partial charge in [-0.15, -0.1) is 21.5 Å². The number of fused-ring (bicyclic) bond motifs is 2. The van der Waals surface area contributed by atoms with Gasteiger partial charge in [-0.25, -0.2) is 0 Å². The van der Waals surface area contributed by atoms with Crippen molar-refractivity contribution in [3.63, 3.8) is 0 Å². The molecule has 1 aliphatic heterocycles. The lowest BCUT2D eigenvalue weighted by Crippen LogP contribution is -2.25. The SMILES string of the molecule is CC1CCc2sc(C(=O)NCc3nnc4n3CCCC4)cc2C1. The summed E-state index contributed by atoms with van der Waals surface area (Å²) in [5.74, 6) is 2.69. The van der Waals surface area contributed by atoms with Crippen LogP contribution in [0.5, 0.6) is 0 Å². The number of nitrogens with one attached hydrogen (secondary N) is 1. The summed E-state index contributed by atoms with van der Waals surface area (Å²) in [5.41, 5.74) is 1.37. The third kappa shape index (κ3) is 2.92. The lowest BCUT2D eigenvalue weighted by atomic mass is 9.90. The van der Waals surface area contributed by atoms with Gasteiger partial charge >= 0.3 is 0 Å². The Kier molecular flexibility index (Phi) is 3.93. The average molecular weight is 330 g/mol. The molecule has 0 saturated heterocycles. The van der Waals surface area contributed by atoms with Gasteiger partial charge in [-0.3, -0.25) is 4.79 Å². The van der Waals surface area contributed by atoms with E-state index in [-0.39, 0.29) is 5.91 Å². The van der Waals surface area contributed by atoms with Crippen molar-refractivity contribution in [1.29, 1.82) is 0 Å². The number of hydrogen-bond donors (Lipinski definition) is 1. The molecule has 1 atom stereocenters. The molecule has 0 radical (unpaired) electrons. The molecule has 0 bridgehead atoms. The minimum atomic E-state index is 0.0187. The molecule has 3 heterocycles. The van der Waals surface area contributed by atoms with E-state index >= 15 is 0 Å². The molecule has 2 aliphatic rings. The first-order valence-corrected chi connectivity index (χ1v) is 9.33. The molecule has 1 unspecified atom stereocenters. The molecule has 1 aliphatic carbocycles.